The van der Waals surface area contributed by atoms with Gasteiger partial charge in [0.15, 0.2) is 0 Å². The van der Waals surface area contributed by atoms with Crippen molar-refractivity contribution < 1.29 is 17.6 Å². The Kier molecular flexibility index (Phi) is 7.13. The second-order valence-electron chi connectivity index (χ2n) is 8.37. The van der Waals surface area contributed by atoms with Gasteiger partial charge < -0.3 is 10.2 Å². The summed E-state index contributed by atoms with van der Waals surface area (Å²) in [5, 5.41) is 2.68. The Bertz CT molecular complexity index is 1060. The number of sulfonamides is 1. The Balaban J connectivity index is 1.77. The number of nitrogens with one attached hydrogen (secondary N) is 2. The van der Waals surface area contributed by atoms with Gasteiger partial charge in [-0.2, -0.15) is 0 Å². The Hall–Kier alpha value is -2.29. The third-order valence-corrected chi connectivity index (χ3v) is 7.67. The van der Waals surface area contributed by atoms with E-state index in [2.05, 4.69) is 14.9 Å². The zero-order valence-corrected chi connectivity index (χ0v) is 19.2. The van der Waals surface area contributed by atoms with Gasteiger partial charge >= 0.3 is 0 Å². The van der Waals surface area contributed by atoms with E-state index < -0.39 is 20.7 Å². The van der Waals surface area contributed by atoms with Crippen molar-refractivity contribution in [1.82, 2.24) is 9.62 Å². The summed E-state index contributed by atoms with van der Waals surface area (Å²) in [5.41, 5.74) is 1.60. The number of hydrogen-bond acceptors (Lipinski definition) is 4. The van der Waals surface area contributed by atoms with Gasteiger partial charge in [-0.25, -0.2) is 17.5 Å². The minimum atomic E-state index is -4.03. The zero-order valence-electron chi connectivity index (χ0n) is 18.4. The molecular weight excluding hydrogens is 417 g/mol. The van der Waals surface area contributed by atoms with Crippen molar-refractivity contribution in [2.45, 2.75) is 44.6 Å². The van der Waals surface area contributed by atoms with Crippen LogP contribution in [0, 0.1) is 25.6 Å². The van der Waals surface area contributed by atoms with Crippen molar-refractivity contribution in [3.05, 3.63) is 58.9 Å². The summed E-state index contributed by atoms with van der Waals surface area (Å²) in [4.78, 5) is 14.4. The summed E-state index contributed by atoms with van der Waals surface area (Å²) in [7, 11) is -1.99. The summed E-state index contributed by atoms with van der Waals surface area (Å²) in [6, 6.07) is 9.43. The second kappa shape index (κ2) is 9.46. The van der Waals surface area contributed by atoms with Crippen LogP contribution in [0.5, 0.6) is 0 Å². The highest BCUT2D eigenvalue weighted by Gasteiger charge is 2.29. The van der Waals surface area contributed by atoms with Crippen LogP contribution in [0.2, 0.25) is 0 Å². The van der Waals surface area contributed by atoms with Gasteiger partial charge in [0.25, 0.3) is 5.91 Å². The fourth-order valence-electron chi connectivity index (χ4n) is 3.95. The van der Waals surface area contributed by atoms with Crippen LogP contribution in [0.1, 0.15) is 41.3 Å². The molecule has 2 N–H and O–H groups in total. The molecule has 0 radical (unpaired) electrons. The lowest BCUT2D eigenvalue weighted by Crippen LogP contribution is -2.43. The minimum absolute atomic E-state index is 0.0803. The number of aryl methyl sites for hydroxylation is 1. The van der Waals surface area contributed by atoms with Gasteiger partial charge in [0.2, 0.25) is 10.0 Å². The molecule has 1 fully saturated rings. The number of halogens is 1. The molecule has 1 aliphatic rings. The van der Waals surface area contributed by atoms with E-state index in [9.17, 15) is 13.2 Å². The van der Waals surface area contributed by atoms with E-state index >= 15 is 4.39 Å². The van der Waals surface area contributed by atoms with E-state index in [1.165, 1.54) is 19.1 Å². The molecule has 0 aliphatic carbocycles. The molecule has 168 valence electrons. The first-order valence-corrected chi connectivity index (χ1v) is 12.0. The molecule has 0 bridgehead atoms. The Labute approximate surface area is 183 Å². The fourth-order valence-corrected chi connectivity index (χ4v) is 5.40. The largest absolute Gasteiger partial charge is 0.322 e. The average Bonchev–Trinajstić information content (AvgIpc) is 2.71. The van der Waals surface area contributed by atoms with E-state index in [1.807, 2.05) is 33.0 Å². The maximum absolute atomic E-state index is 15.1. The lowest BCUT2D eigenvalue weighted by molar-refractivity contribution is 0.102. The highest BCUT2D eigenvalue weighted by atomic mass is 32.2. The van der Waals surface area contributed by atoms with Crippen LogP contribution in [0.15, 0.2) is 41.3 Å². The summed E-state index contributed by atoms with van der Waals surface area (Å²) in [5.74, 6) is -1.02. The van der Waals surface area contributed by atoms with Gasteiger partial charge in [-0.1, -0.05) is 18.2 Å². The number of likely N-dealkylation sites (tertiary alicyclic amines) is 1. The number of hydrogen-bond donors (Lipinski definition) is 2. The predicted octanol–water partition coefficient (Wildman–Crippen LogP) is 3.70. The number of carbonyl (C=O) groups is 1. The summed E-state index contributed by atoms with van der Waals surface area (Å²) in [6.07, 6.45) is 1.79. The third kappa shape index (κ3) is 5.31. The lowest BCUT2D eigenvalue weighted by atomic mass is 9.91. The minimum Gasteiger partial charge on any atom is -0.322 e. The van der Waals surface area contributed by atoms with E-state index in [4.69, 9.17) is 0 Å². The SMILES string of the molecule is Cc1ccccc1C(=O)Nc1ccc(S(=O)(=O)NC(C)C2CCN(C)CC2)c(F)c1C. The lowest BCUT2D eigenvalue weighted by Gasteiger charge is -2.32. The molecular formula is C23H30FN3O3S. The molecule has 0 spiro atoms. The second-order valence-corrected chi connectivity index (χ2v) is 10.1. The summed E-state index contributed by atoms with van der Waals surface area (Å²) < 4.78 is 43.4. The van der Waals surface area contributed by atoms with Crippen LogP contribution in [0.4, 0.5) is 10.1 Å². The molecule has 3 rings (SSSR count). The first-order chi connectivity index (χ1) is 14.6. The van der Waals surface area contributed by atoms with Crippen molar-refractivity contribution in [1.29, 1.82) is 0 Å². The number of carbonyl (C=O) groups excluding carboxylic acids is 1. The monoisotopic (exact) mass is 447 g/mol. The van der Waals surface area contributed by atoms with Crippen molar-refractivity contribution in [2.75, 3.05) is 25.5 Å². The third-order valence-electron chi connectivity index (χ3n) is 6.09. The molecule has 1 amide bonds. The van der Waals surface area contributed by atoms with E-state index in [-0.39, 0.29) is 29.1 Å². The van der Waals surface area contributed by atoms with Crippen molar-refractivity contribution in [3.63, 3.8) is 0 Å². The molecule has 0 saturated carbocycles. The van der Waals surface area contributed by atoms with Gasteiger partial charge in [0, 0.05) is 22.9 Å². The Morgan fingerprint density at radius 2 is 1.77 bits per heavy atom. The first kappa shape index (κ1) is 23.4. The highest BCUT2D eigenvalue weighted by Crippen LogP contribution is 2.27. The van der Waals surface area contributed by atoms with Gasteiger partial charge in [-0.15, -0.1) is 0 Å². The first-order valence-electron chi connectivity index (χ1n) is 10.5. The van der Waals surface area contributed by atoms with Crippen LogP contribution in [0.3, 0.4) is 0 Å². The van der Waals surface area contributed by atoms with Gasteiger partial charge in [0.1, 0.15) is 10.7 Å². The molecule has 2 aromatic rings. The highest BCUT2D eigenvalue weighted by molar-refractivity contribution is 7.89. The van der Waals surface area contributed by atoms with Crippen LogP contribution < -0.4 is 10.0 Å². The molecule has 8 heteroatoms. The molecule has 31 heavy (non-hydrogen) atoms. The quantitative estimate of drug-likeness (QED) is 0.708. The Morgan fingerprint density at radius 1 is 1.13 bits per heavy atom. The number of rotatable bonds is 6. The number of nitrogens with zero attached hydrogens (tertiary/aromatic N) is 1. The predicted molar refractivity (Wildman–Crippen MR) is 120 cm³/mol. The smallest absolute Gasteiger partial charge is 0.255 e. The number of anilines is 1. The van der Waals surface area contributed by atoms with Crippen molar-refractivity contribution >= 4 is 21.6 Å². The van der Waals surface area contributed by atoms with Gasteiger partial charge in [0.05, 0.1) is 0 Å². The van der Waals surface area contributed by atoms with Crippen LogP contribution in [0.25, 0.3) is 0 Å². The van der Waals surface area contributed by atoms with E-state index in [0.29, 0.717) is 5.56 Å². The van der Waals surface area contributed by atoms with E-state index in [1.54, 1.807) is 12.1 Å². The summed E-state index contributed by atoms with van der Waals surface area (Å²) >= 11 is 0. The molecule has 1 unspecified atom stereocenters. The molecule has 6 nitrogen and oxygen atoms in total. The van der Waals surface area contributed by atoms with Crippen LogP contribution in [-0.4, -0.2) is 45.4 Å². The number of piperidine rings is 1. The maximum Gasteiger partial charge on any atom is 0.255 e. The molecule has 1 heterocycles. The zero-order chi connectivity index (χ0) is 22.8. The van der Waals surface area contributed by atoms with Gasteiger partial charge in [-0.3, -0.25) is 4.79 Å². The summed E-state index contributed by atoms with van der Waals surface area (Å²) in [6.45, 7) is 6.94. The Morgan fingerprint density at radius 3 is 2.42 bits per heavy atom. The number of amides is 1. The van der Waals surface area contributed by atoms with E-state index in [0.717, 1.165) is 31.5 Å². The standard InChI is InChI=1S/C23H30FN3O3S/c1-15-7-5-6-8-19(15)23(28)25-20-9-10-21(22(24)16(20)2)31(29,30)26-17(3)18-11-13-27(4)14-12-18/h5-10,17-18,26H,11-14H2,1-4H3,(H,25,28). The van der Waals surface area contributed by atoms with Crippen molar-refractivity contribution in [3.8, 4) is 0 Å². The van der Waals surface area contributed by atoms with Crippen LogP contribution in [-0.2, 0) is 10.0 Å². The average molecular weight is 448 g/mol. The molecule has 1 saturated heterocycles. The fraction of sp³-hybridized carbons (Fsp3) is 0.435. The van der Waals surface area contributed by atoms with Crippen molar-refractivity contribution in [2.24, 2.45) is 5.92 Å². The molecule has 1 atom stereocenters. The van der Waals surface area contributed by atoms with Crippen LogP contribution >= 0.6 is 0 Å². The molecule has 1 aliphatic heterocycles. The topological polar surface area (TPSA) is 78.5 Å². The van der Waals surface area contributed by atoms with Gasteiger partial charge in [-0.05, 0) is 83.4 Å². The number of benzene rings is 2. The molecule has 0 aromatic heterocycles. The molecule has 2 aromatic carbocycles. The maximum atomic E-state index is 15.1. The normalized spacial score (nSPS) is 16.8.